The average Bonchev–Trinajstić information content (AvgIpc) is 3.09. The molecule has 0 atom stereocenters. The molecule has 0 radical (unpaired) electrons. The van der Waals surface area contributed by atoms with E-state index >= 15 is 0 Å². The minimum atomic E-state index is 0.113. The van der Waals surface area contributed by atoms with E-state index in [1.165, 1.54) is 22.5 Å². The summed E-state index contributed by atoms with van der Waals surface area (Å²) in [6, 6.07) is 24.3. The lowest BCUT2D eigenvalue weighted by molar-refractivity contribution is 0.0981. The van der Waals surface area contributed by atoms with Crippen LogP contribution in [0.15, 0.2) is 78.2 Å². The van der Waals surface area contributed by atoms with Crippen molar-refractivity contribution in [1.29, 1.82) is 0 Å². The zero-order valence-corrected chi connectivity index (χ0v) is 12.4. The number of thiophene rings is 1. The van der Waals surface area contributed by atoms with E-state index in [4.69, 9.17) is 0 Å². The molecule has 0 aliphatic heterocycles. The summed E-state index contributed by atoms with van der Waals surface area (Å²) >= 11 is 1.51. The third-order valence-electron chi connectivity index (χ3n) is 3.59. The SMILES string of the molecule is O=C(CC(c1ccccc1)c1ccccc1)c1cccs1. The molecule has 0 aliphatic carbocycles. The van der Waals surface area contributed by atoms with Crippen LogP contribution in [-0.2, 0) is 0 Å². The van der Waals surface area contributed by atoms with Crippen LogP contribution < -0.4 is 0 Å². The highest BCUT2D eigenvalue weighted by atomic mass is 32.1. The van der Waals surface area contributed by atoms with E-state index < -0.39 is 0 Å². The Morgan fingerprint density at radius 1 is 0.810 bits per heavy atom. The Bertz CT molecular complexity index is 647. The molecule has 3 rings (SSSR count). The molecule has 2 aromatic carbocycles. The molecule has 104 valence electrons. The predicted molar refractivity (Wildman–Crippen MR) is 88.0 cm³/mol. The lowest BCUT2D eigenvalue weighted by Gasteiger charge is -2.17. The molecule has 0 fully saturated rings. The van der Waals surface area contributed by atoms with Crippen LogP contribution in [0.25, 0.3) is 0 Å². The molecule has 0 spiro atoms. The van der Waals surface area contributed by atoms with Crippen molar-refractivity contribution < 1.29 is 4.79 Å². The lowest BCUT2D eigenvalue weighted by Crippen LogP contribution is -2.08. The summed E-state index contributed by atoms with van der Waals surface area (Å²) in [6.07, 6.45) is 0.508. The Hall–Kier alpha value is -2.19. The van der Waals surface area contributed by atoms with E-state index in [1.54, 1.807) is 0 Å². The van der Waals surface area contributed by atoms with Crippen molar-refractivity contribution in [3.8, 4) is 0 Å². The van der Waals surface area contributed by atoms with Gasteiger partial charge < -0.3 is 0 Å². The average molecular weight is 292 g/mol. The normalized spacial score (nSPS) is 10.7. The van der Waals surface area contributed by atoms with Crippen LogP contribution in [0, 0.1) is 0 Å². The van der Waals surface area contributed by atoms with Gasteiger partial charge in [0.1, 0.15) is 0 Å². The van der Waals surface area contributed by atoms with Gasteiger partial charge in [-0.2, -0.15) is 0 Å². The second-order valence-corrected chi connectivity index (χ2v) is 5.93. The van der Waals surface area contributed by atoms with Crippen LogP contribution in [0.3, 0.4) is 0 Å². The summed E-state index contributed by atoms with van der Waals surface area (Å²) in [5.74, 6) is 0.324. The van der Waals surface area contributed by atoms with Gasteiger partial charge in [0.25, 0.3) is 0 Å². The quantitative estimate of drug-likeness (QED) is 0.594. The highest BCUT2D eigenvalue weighted by molar-refractivity contribution is 7.12. The monoisotopic (exact) mass is 292 g/mol. The Labute approximate surface area is 128 Å². The minimum Gasteiger partial charge on any atom is -0.293 e. The first kappa shape index (κ1) is 13.8. The molecule has 0 aliphatic rings. The summed E-state index contributed by atoms with van der Waals surface area (Å²) in [5.41, 5.74) is 2.38. The molecule has 0 saturated heterocycles. The molecule has 21 heavy (non-hydrogen) atoms. The Morgan fingerprint density at radius 3 is 1.86 bits per heavy atom. The van der Waals surface area contributed by atoms with E-state index in [0.717, 1.165) is 4.88 Å². The van der Waals surface area contributed by atoms with Gasteiger partial charge in [0.05, 0.1) is 4.88 Å². The highest BCUT2D eigenvalue weighted by Gasteiger charge is 2.19. The van der Waals surface area contributed by atoms with E-state index in [-0.39, 0.29) is 11.7 Å². The smallest absolute Gasteiger partial charge is 0.173 e. The second kappa shape index (κ2) is 6.51. The summed E-state index contributed by atoms with van der Waals surface area (Å²) in [4.78, 5) is 13.3. The number of benzene rings is 2. The summed E-state index contributed by atoms with van der Waals surface area (Å²) in [5, 5.41) is 1.95. The van der Waals surface area contributed by atoms with Gasteiger partial charge in [-0.25, -0.2) is 0 Å². The molecule has 2 heteroatoms. The fraction of sp³-hybridized carbons (Fsp3) is 0.105. The van der Waals surface area contributed by atoms with Crippen molar-refractivity contribution in [1.82, 2.24) is 0 Å². The van der Waals surface area contributed by atoms with E-state index in [1.807, 2.05) is 53.9 Å². The maximum absolute atomic E-state index is 12.5. The molecule has 1 heterocycles. The molecule has 3 aromatic rings. The van der Waals surface area contributed by atoms with Crippen molar-refractivity contribution in [2.45, 2.75) is 12.3 Å². The summed E-state index contributed by atoms with van der Waals surface area (Å²) < 4.78 is 0. The number of hydrogen-bond acceptors (Lipinski definition) is 2. The molecule has 0 bridgehead atoms. The molecular formula is C19H16OS. The molecule has 1 nitrogen and oxygen atoms in total. The zero-order valence-electron chi connectivity index (χ0n) is 11.6. The van der Waals surface area contributed by atoms with Gasteiger partial charge in [0, 0.05) is 12.3 Å². The fourth-order valence-corrected chi connectivity index (χ4v) is 3.20. The number of ketones is 1. The van der Waals surface area contributed by atoms with Crippen LogP contribution in [0.4, 0.5) is 0 Å². The van der Waals surface area contributed by atoms with Crippen LogP contribution in [0.1, 0.15) is 33.1 Å². The van der Waals surface area contributed by atoms with Gasteiger partial charge in [-0.3, -0.25) is 4.79 Å². The number of Topliss-reactive ketones (excluding diaryl/α,β-unsaturated/α-hetero) is 1. The molecule has 0 amide bonds. The lowest BCUT2D eigenvalue weighted by atomic mass is 9.87. The molecule has 0 unspecified atom stereocenters. The Morgan fingerprint density at radius 2 is 1.38 bits per heavy atom. The van der Waals surface area contributed by atoms with Crippen molar-refractivity contribution in [3.05, 3.63) is 94.2 Å². The topological polar surface area (TPSA) is 17.1 Å². The number of rotatable bonds is 5. The maximum atomic E-state index is 12.5. The highest BCUT2D eigenvalue weighted by Crippen LogP contribution is 2.29. The van der Waals surface area contributed by atoms with Crippen molar-refractivity contribution in [3.63, 3.8) is 0 Å². The third kappa shape index (κ3) is 3.29. The van der Waals surface area contributed by atoms with Crippen LogP contribution in [0.2, 0.25) is 0 Å². The number of carbonyl (C=O) groups is 1. The fourth-order valence-electron chi connectivity index (χ4n) is 2.52. The van der Waals surface area contributed by atoms with Crippen LogP contribution in [0.5, 0.6) is 0 Å². The first-order chi connectivity index (χ1) is 10.3. The van der Waals surface area contributed by atoms with Gasteiger partial charge >= 0.3 is 0 Å². The standard InChI is InChI=1S/C19H16OS/c20-18(19-12-7-13-21-19)14-17(15-8-3-1-4-9-15)16-10-5-2-6-11-16/h1-13,17H,14H2. The van der Waals surface area contributed by atoms with E-state index in [0.29, 0.717) is 6.42 Å². The summed E-state index contributed by atoms with van der Waals surface area (Å²) in [7, 11) is 0. The van der Waals surface area contributed by atoms with Crippen LogP contribution >= 0.6 is 11.3 Å². The van der Waals surface area contributed by atoms with Gasteiger partial charge in [-0.1, -0.05) is 66.7 Å². The van der Waals surface area contributed by atoms with Gasteiger partial charge in [0.15, 0.2) is 5.78 Å². The van der Waals surface area contributed by atoms with Crippen molar-refractivity contribution >= 4 is 17.1 Å². The predicted octanol–water partition coefficient (Wildman–Crippen LogP) is 5.15. The number of carbonyl (C=O) groups excluding carboxylic acids is 1. The Kier molecular flexibility index (Phi) is 4.27. The zero-order chi connectivity index (χ0) is 14.5. The molecule has 0 N–H and O–H groups in total. The molecule has 0 saturated carbocycles. The second-order valence-electron chi connectivity index (χ2n) is 4.98. The molecule has 1 aromatic heterocycles. The maximum Gasteiger partial charge on any atom is 0.173 e. The third-order valence-corrected chi connectivity index (χ3v) is 4.50. The first-order valence-corrected chi connectivity index (χ1v) is 7.89. The molecular weight excluding hydrogens is 276 g/mol. The Balaban J connectivity index is 1.92. The largest absolute Gasteiger partial charge is 0.293 e. The van der Waals surface area contributed by atoms with Crippen molar-refractivity contribution in [2.75, 3.05) is 0 Å². The summed E-state index contributed by atoms with van der Waals surface area (Å²) in [6.45, 7) is 0. The van der Waals surface area contributed by atoms with Gasteiger partial charge in [-0.05, 0) is 22.6 Å². The van der Waals surface area contributed by atoms with Gasteiger partial charge in [-0.15, -0.1) is 11.3 Å². The van der Waals surface area contributed by atoms with E-state index in [2.05, 4.69) is 24.3 Å². The number of hydrogen-bond donors (Lipinski definition) is 0. The first-order valence-electron chi connectivity index (χ1n) is 7.01. The van der Waals surface area contributed by atoms with Gasteiger partial charge in [0.2, 0.25) is 0 Å². The van der Waals surface area contributed by atoms with Crippen LogP contribution in [-0.4, -0.2) is 5.78 Å². The van der Waals surface area contributed by atoms with Crippen molar-refractivity contribution in [2.24, 2.45) is 0 Å². The van der Waals surface area contributed by atoms with E-state index in [9.17, 15) is 4.79 Å². The minimum absolute atomic E-state index is 0.113.